The number of nitrogens with one attached hydrogen (secondary N) is 2. The highest BCUT2D eigenvalue weighted by molar-refractivity contribution is 6.30. The van der Waals surface area contributed by atoms with E-state index in [1.54, 1.807) is 12.5 Å². The van der Waals surface area contributed by atoms with E-state index in [1.807, 2.05) is 25.1 Å². The lowest BCUT2D eigenvalue weighted by molar-refractivity contribution is 1.07. The Balaban J connectivity index is 2.07. The molecule has 0 atom stereocenters. The molecule has 0 fully saturated rings. The van der Waals surface area contributed by atoms with Crippen LogP contribution in [0.1, 0.15) is 11.3 Å². The summed E-state index contributed by atoms with van der Waals surface area (Å²) >= 11 is 5.92. The van der Waals surface area contributed by atoms with Gasteiger partial charge in [-0.05, 0) is 24.6 Å². The zero-order valence-electron chi connectivity index (χ0n) is 8.42. The topological polar surface area (TPSA) is 40.7 Å². The van der Waals surface area contributed by atoms with Crippen molar-refractivity contribution in [3.05, 3.63) is 47.0 Å². The van der Waals surface area contributed by atoms with E-state index >= 15 is 0 Å². The monoisotopic (exact) mass is 221 g/mol. The molecule has 1 aromatic heterocycles. The van der Waals surface area contributed by atoms with Crippen molar-refractivity contribution >= 4 is 17.3 Å². The van der Waals surface area contributed by atoms with E-state index in [0.717, 1.165) is 22.9 Å². The molecule has 0 spiro atoms. The molecule has 0 saturated heterocycles. The molecule has 2 aromatic rings. The van der Waals surface area contributed by atoms with Gasteiger partial charge in [0.25, 0.3) is 0 Å². The zero-order chi connectivity index (χ0) is 10.7. The van der Waals surface area contributed by atoms with Gasteiger partial charge >= 0.3 is 0 Å². The third kappa shape index (κ3) is 2.50. The highest BCUT2D eigenvalue weighted by atomic mass is 35.5. The molecule has 1 heterocycles. The molecular formula is C11H12ClN3. The second-order valence-corrected chi connectivity index (χ2v) is 3.83. The molecule has 4 heteroatoms. The number of hydrogen-bond acceptors (Lipinski definition) is 2. The second kappa shape index (κ2) is 4.36. The predicted octanol–water partition coefficient (Wildman–Crippen LogP) is 2.98. The number of benzene rings is 1. The van der Waals surface area contributed by atoms with Gasteiger partial charge in [0.2, 0.25) is 0 Å². The van der Waals surface area contributed by atoms with Crippen molar-refractivity contribution in [2.24, 2.45) is 0 Å². The van der Waals surface area contributed by atoms with Crippen LogP contribution >= 0.6 is 11.6 Å². The Labute approximate surface area is 93.5 Å². The Bertz CT molecular complexity index is 437. The van der Waals surface area contributed by atoms with Crippen LogP contribution in [-0.4, -0.2) is 9.97 Å². The van der Waals surface area contributed by atoms with E-state index in [1.165, 1.54) is 5.56 Å². The van der Waals surface area contributed by atoms with E-state index in [9.17, 15) is 0 Å². The molecule has 0 unspecified atom stereocenters. The number of rotatable bonds is 3. The molecular weight excluding hydrogens is 210 g/mol. The molecule has 2 rings (SSSR count). The van der Waals surface area contributed by atoms with Crippen molar-refractivity contribution in [1.82, 2.24) is 9.97 Å². The van der Waals surface area contributed by atoms with Crippen LogP contribution in [0.3, 0.4) is 0 Å². The van der Waals surface area contributed by atoms with Crippen LogP contribution in [0.15, 0.2) is 30.7 Å². The van der Waals surface area contributed by atoms with Gasteiger partial charge in [-0.2, -0.15) is 0 Å². The number of anilines is 1. The summed E-state index contributed by atoms with van der Waals surface area (Å²) in [4.78, 5) is 6.99. The Morgan fingerprint density at radius 3 is 3.07 bits per heavy atom. The van der Waals surface area contributed by atoms with Gasteiger partial charge in [-0.1, -0.05) is 17.7 Å². The van der Waals surface area contributed by atoms with Crippen molar-refractivity contribution in [3.63, 3.8) is 0 Å². The lowest BCUT2D eigenvalue weighted by atomic mass is 10.2. The van der Waals surface area contributed by atoms with Crippen LogP contribution in [0.2, 0.25) is 5.02 Å². The Kier molecular flexibility index (Phi) is 2.92. The Morgan fingerprint density at radius 2 is 2.33 bits per heavy atom. The molecule has 0 amide bonds. The minimum Gasteiger partial charge on any atom is -0.379 e. The fraction of sp³-hybridized carbons (Fsp3) is 0.182. The number of aromatic amines is 1. The lowest BCUT2D eigenvalue weighted by Gasteiger charge is -2.08. The predicted molar refractivity (Wildman–Crippen MR) is 62.1 cm³/mol. The standard InChI is InChI=1S/C11H12ClN3/c1-8-2-3-9(12)4-11(8)14-6-10-5-13-7-15-10/h2-5,7,14H,6H2,1H3,(H,13,15). The average molecular weight is 222 g/mol. The molecule has 0 saturated carbocycles. The highest BCUT2D eigenvalue weighted by Crippen LogP contribution is 2.20. The molecule has 15 heavy (non-hydrogen) atoms. The average Bonchev–Trinajstić information content (AvgIpc) is 2.72. The molecule has 0 bridgehead atoms. The van der Waals surface area contributed by atoms with Crippen LogP contribution in [0.25, 0.3) is 0 Å². The lowest BCUT2D eigenvalue weighted by Crippen LogP contribution is -2.01. The van der Waals surface area contributed by atoms with Crippen LogP contribution in [0.4, 0.5) is 5.69 Å². The molecule has 78 valence electrons. The summed E-state index contributed by atoms with van der Waals surface area (Å²) in [5.41, 5.74) is 3.28. The molecule has 0 radical (unpaired) electrons. The first-order valence-corrected chi connectivity index (χ1v) is 5.11. The van der Waals surface area contributed by atoms with Crippen molar-refractivity contribution in [2.45, 2.75) is 13.5 Å². The smallest absolute Gasteiger partial charge is 0.0922 e. The van der Waals surface area contributed by atoms with Crippen molar-refractivity contribution in [1.29, 1.82) is 0 Å². The minimum absolute atomic E-state index is 0.723. The van der Waals surface area contributed by atoms with Gasteiger partial charge in [-0.15, -0.1) is 0 Å². The summed E-state index contributed by atoms with van der Waals surface area (Å²) in [5, 5.41) is 4.04. The first kappa shape index (κ1) is 10.1. The van der Waals surface area contributed by atoms with Gasteiger partial charge in [-0.3, -0.25) is 0 Å². The van der Waals surface area contributed by atoms with Gasteiger partial charge < -0.3 is 10.3 Å². The maximum Gasteiger partial charge on any atom is 0.0922 e. The van der Waals surface area contributed by atoms with Crippen LogP contribution in [-0.2, 0) is 6.54 Å². The maximum absolute atomic E-state index is 5.92. The first-order chi connectivity index (χ1) is 7.25. The first-order valence-electron chi connectivity index (χ1n) is 4.73. The summed E-state index contributed by atoms with van der Waals surface area (Å²) in [6.45, 7) is 2.77. The summed E-state index contributed by atoms with van der Waals surface area (Å²) in [7, 11) is 0. The van der Waals surface area contributed by atoms with E-state index in [-0.39, 0.29) is 0 Å². The quantitative estimate of drug-likeness (QED) is 0.837. The molecule has 0 aliphatic rings. The number of imidazole rings is 1. The van der Waals surface area contributed by atoms with Crippen molar-refractivity contribution < 1.29 is 0 Å². The number of aromatic nitrogens is 2. The largest absolute Gasteiger partial charge is 0.379 e. The SMILES string of the molecule is Cc1ccc(Cl)cc1NCc1cnc[nH]1. The highest BCUT2D eigenvalue weighted by Gasteiger charge is 1.99. The summed E-state index contributed by atoms with van der Waals surface area (Å²) in [6.07, 6.45) is 3.47. The van der Waals surface area contributed by atoms with Crippen LogP contribution < -0.4 is 5.32 Å². The number of hydrogen-bond donors (Lipinski definition) is 2. The van der Waals surface area contributed by atoms with Gasteiger partial charge in [0.1, 0.15) is 0 Å². The normalized spacial score (nSPS) is 10.3. The van der Waals surface area contributed by atoms with E-state index < -0.39 is 0 Å². The number of H-pyrrole nitrogens is 1. The number of halogens is 1. The number of aryl methyl sites for hydroxylation is 1. The third-order valence-corrected chi connectivity index (χ3v) is 2.46. The molecule has 0 aliphatic heterocycles. The van der Waals surface area contributed by atoms with E-state index in [2.05, 4.69) is 15.3 Å². The zero-order valence-corrected chi connectivity index (χ0v) is 9.17. The van der Waals surface area contributed by atoms with Gasteiger partial charge in [-0.25, -0.2) is 4.98 Å². The minimum atomic E-state index is 0.723. The fourth-order valence-electron chi connectivity index (χ4n) is 1.36. The molecule has 2 N–H and O–H groups in total. The Morgan fingerprint density at radius 1 is 1.47 bits per heavy atom. The van der Waals surface area contributed by atoms with Crippen molar-refractivity contribution in [2.75, 3.05) is 5.32 Å². The van der Waals surface area contributed by atoms with Gasteiger partial charge in [0, 0.05) is 16.9 Å². The second-order valence-electron chi connectivity index (χ2n) is 3.39. The fourth-order valence-corrected chi connectivity index (χ4v) is 1.53. The van der Waals surface area contributed by atoms with Crippen LogP contribution in [0.5, 0.6) is 0 Å². The Hall–Kier alpha value is -1.48. The summed E-state index contributed by atoms with van der Waals surface area (Å²) in [5.74, 6) is 0. The maximum atomic E-state index is 5.92. The molecule has 0 aliphatic carbocycles. The van der Waals surface area contributed by atoms with Crippen LogP contribution in [0, 0.1) is 6.92 Å². The summed E-state index contributed by atoms with van der Waals surface area (Å²) in [6, 6.07) is 5.81. The molecule has 3 nitrogen and oxygen atoms in total. The summed E-state index contributed by atoms with van der Waals surface area (Å²) < 4.78 is 0. The third-order valence-electron chi connectivity index (χ3n) is 2.22. The van der Waals surface area contributed by atoms with E-state index in [0.29, 0.717) is 0 Å². The van der Waals surface area contributed by atoms with Gasteiger partial charge in [0.05, 0.1) is 18.6 Å². The molecule has 1 aromatic carbocycles. The van der Waals surface area contributed by atoms with E-state index in [4.69, 9.17) is 11.6 Å². The van der Waals surface area contributed by atoms with Crippen molar-refractivity contribution in [3.8, 4) is 0 Å². The van der Waals surface area contributed by atoms with Gasteiger partial charge in [0.15, 0.2) is 0 Å². The number of nitrogens with zero attached hydrogens (tertiary/aromatic N) is 1.